The number of hydrogen-bond acceptors (Lipinski definition) is 7. The van der Waals surface area contributed by atoms with Gasteiger partial charge < -0.3 is 20.3 Å². The van der Waals surface area contributed by atoms with E-state index in [4.69, 9.17) is 9.72 Å². The number of aromatic nitrogens is 3. The highest BCUT2D eigenvalue weighted by Gasteiger charge is 2.46. The van der Waals surface area contributed by atoms with Gasteiger partial charge in [-0.25, -0.2) is 9.37 Å². The number of amides is 1. The Bertz CT molecular complexity index is 1670. The van der Waals surface area contributed by atoms with Crippen molar-refractivity contribution in [1.82, 2.24) is 20.1 Å². The lowest BCUT2D eigenvalue weighted by molar-refractivity contribution is -0.127. The Kier molecular flexibility index (Phi) is 7.40. The summed E-state index contributed by atoms with van der Waals surface area (Å²) in [6.07, 6.45) is 1.95. The topological polar surface area (TPSA) is 127 Å². The highest BCUT2D eigenvalue weighted by Crippen LogP contribution is 2.46. The fourth-order valence-electron chi connectivity index (χ4n) is 5.09. The molecule has 3 heterocycles. The summed E-state index contributed by atoms with van der Waals surface area (Å²) in [6, 6.07) is 12.7. The molecule has 9 nitrogen and oxygen atoms in total. The lowest BCUT2D eigenvalue weighted by Crippen LogP contribution is -2.48. The number of carbonyl (C=O) groups is 2. The van der Waals surface area contributed by atoms with Gasteiger partial charge in [-0.05, 0) is 82.6 Å². The first kappa shape index (κ1) is 29.3. The van der Waals surface area contributed by atoms with E-state index in [1.165, 1.54) is 12.1 Å². The Labute approximate surface area is 243 Å². The Morgan fingerprint density at radius 3 is 2.52 bits per heavy atom. The maximum Gasteiger partial charge on any atom is 0.234 e. The smallest absolute Gasteiger partial charge is 0.234 e. The quantitative estimate of drug-likeness (QED) is 0.256. The summed E-state index contributed by atoms with van der Waals surface area (Å²) in [7, 11) is 1.82. The number of hydrogen-bond donors (Lipinski definition) is 3. The fraction of sp³-hybridized carbons (Fsp3) is 0.375. The molecule has 1 aliphatic rings. The van der Waals surface area contributed by atoms with E-state index in [0.29, 0.717) is 28.1 Å². The van der Waals surface area contributed by atoms with Crippen LogP contribution in [0.5, 0.6) is 5.75 Å². The van der Waals surface area contributed by atoms with Crippen molar-refractivity contribution < 1.29 is 28.9 Å². The number of aliphatic hydroxyl groups is 2. The molecule has 0 radical (unpaired) electrons. The molecule has 4 aromatic rings. The predicted molar refractivity (Wildman–Crippen MR) is 156 cm³/mol. The zero-order valence-corrected chi connectivity index (χ0v) is 24.4. The second kappa shape index (κ2) is 10.6. The molecule has 0 unspecified atom stereocenters. The van der Waals surface area contributed by atoms with E-state index in [0.717, 1.165) is 10.9 Å². The zero-order chi connectivity index (χ0) is 30.4. The maximum atomic E-state index is 13.8. The Morgan fingerprint density at radius 1 is 1.12 bits per heavy atom. The van der Waals surface area contributed by atoms with Crippen molar-refractivity contribution in [2.45, 2.75) is 57.2 Å². The molecule has 0 aliphatic carbocycles. The number of pyridine rings is 1. The predicted octanol–water partition coefficient (Wildman–Crippen LogP) is 4.18. The highest BCUT2D eigenvalue weighted by atomic mass is 19.1. The molecule has 220 valence electrons. The van der Waals surface area contributed by atoms with Crippen molar-refractivity contribution in [3.8, 4) is 17.0 Å². The number of ketones is 1. The number of nitrogens with zero attached hydrogens (tertiary/aromatic N) is 3. The summed E-state index contributed by atoms with van der Waals surface area (Å²) >= 11 is 0. The second-order valence-corrected chi connectivity index (χ2v) is 12.1. The number of carbonyl (C=O) groups excluding carboxylic acids is 2. The van der Waals surface area contributed by atoms with Crippen LogP contribution in [0.4, 0.5) is 4.39 Å². The largest absolute Gasteiger partial charge is 0.489 e. The molecule has 10 heteroatoms. The number of nitrogens with one attached hydrogen (secondary N) is 1. The van der Waals surface area contributed by atoms with Gasteiger partial charge in [0.2, 0.25) is 5.91 Å². The number of ether oxygens (including phenoxy) is 1. The molecule has 0 spiro atoms. The monoisotopic (exact) mass is 574 g/mol. The van der Waals surface area contributed by atoms with Crippen LogP contribution in [0.3, 0.4) is 0 Å². The number of aryl methyl sites for hydroxylation is 1. The van der Waals surface area contributed by atoms with Crippen LogP contribution in [0.25, 0.3) is 22.2 Å². The lowest BCUT2D eigenvalue weighted by atomic mass is 9.81. The molecule has 42 heavy (non-hydrogen) atoms. The van der Waals surface area contributed by atoms with Gasteiger partial charge in [0.25, 0.3) is 0 Å². The van der Waals surface area contributed by atoms with E-state index in [2.05, 4.69) is 10.4 Å². The summed E-state index contributed by atoms with van der Waals surface area (Å²) in [4.78, 5) is 31.3. The first-order valence-electron chi connectivity index (χ1n) is 13.8. The van der Waals surface area contributed by atoms with Crippen LogP contribution in [-0.4, -0.2) is 55.4 Å². The zero-order valence-electron chi connectivity index (χ0n) is 24.4. The third-order valence-electron chi connectivity index (χ3n) is 7.70. The third kappa shape index (κ3) is 5.77. The van der Waals surface area contributed by atoms with Crippen molar-refractivity contribution in [2.75, 3.05) is 13.2 Å². The summed E-state index contributed by atoms with van der Waals surface area (Å²) in [6.45, 7) is 6.53. The number of halogens is 1. The van der Waals surface area contributed by atoms with Gasteiger partial charge >= 0.3 is 0 Å². The minimum atomic E-state index is -1.55. The van der Waals surface area contributed by atoms with Crippen molar-refractivity contribution in [3.05, 3.63) is 77.4 Å². The van der Waals surface area contributed by atoms with E-state index in [-0.39, 0.29) is 43.4 Å². The van der Waals surface area contributed by atoms with Gasteiger partial charge in [-0.2, -0.15) is 5.10 Å². The van der Waals surface area contributed by atoms with Gasteiger partial charge in [0.05, 0.1) is 16.8 Å². The normalized spacial score (nSPS) is 17.9. The summed E-state index contributed by atoms with van der Waals surface area (Å²) in [5.74, 6) is -0.549. The SMILES string of the molecule is Cn1cc2cc(C(=O)CC[C@](C)(O)c3cc4c(c(-c5ccc(F)cc5)n3)OC[C@]4(C)C(=O)NCC(C)(C)O)ccc2n1. The van der Waals surface area contributed by atoms with Crippen molar-refractivity contribution in [2.24, 2.45) is 7.05 Å². The minimum absolute atomic E-state index is 0.0107. The molecular formula is C32H35FN4O5. The van der Waals surface area contributed by atoms with Crippen LogP contribution in [0.1, 0.15) is 62.2 Å². The molecule has 3 N–H and O–H groups in total. The Morgan fingerprint density at radius 2 is 1.83 bits per heavy atom. The molecule has 0 bridgehead atoms. The molecular weight excluding hydrogens is 539 g/mol. The molecule has 1 aliphatic heterocycles. The highest BCUT2D eigenvalue weighted by molar-refractivity contribution is 5.99. The van der Waals surface area contributed by atoms with Gasteiger partial charge in [-0.15, -0.1) is 0 Å². The number of rotatable bonds is 9. The van der Waals surface area contributed by atoms with Crippen LogP contribution in [0.2, 0.25) is 0 Å². The average molecular weight is 575 g/mol. The van der Waals surface area contributed by atoms with Crippen LogP contribution in [0.15, 0.2) is 54.7 Å². The fourth-order valence-corrected chi connectivity index (χ4v) is 5.09. The number of Topliss-reactive ketones (excluding diaryl/α,β-unsaturated/α-hetero) is 1. The number of fused-ring (bicyclic) bond motifs is 2. The van der Waals surface area contributed by atoms with E-state index in [1.807, 2.05) is 13.2 Å². The van der Waals surface area contributed by atoms with E-state index >= 15 is 0 Å². The van der Waals surface area contributed by atoms with Crippen molar-refractivity contribution >= 4 is 22.6 Å². The van der Waals surface area contributed by atoms with Crippen LogP contribution in [0, 0.1) is 5.82 Å². The summed E-state index contributed by atoms with van der Waals surface area (Å²) < 4.78 is 21.5. The minimum Gasteiger partial charge on any atom is -0.489 e. The average Bonchev–Trinajstić information content (AvgIpc) is 3.49. The van der Waals surface area contributed by atoms with Crippen LogP contribution >= 0.6 is 0 Å². The van der Waals surface area contributed by atoms with Crippen molar-refractivity contribution in [1.29, 1.82) is 0 Å². The molecule has 2 aromatic carbocycles. The maximum absolute atomic E-state index is 13.8. The molecule has 5 rings (SSSR count). The van der Waals surface area contributed by atoms with Crippen LogP contribution < -0.4 is 10.1 Å². The van der Waals surface area contributed by atoms with Gasteiger partial charge in [0, 0.05) is 48.3 Å². The van der Waals surface area contributed by atoms with Crippen LogP contribution in [-0.2, 0) is 22.9 Å². The Hall–Kier alpha value is -4.15. The molecule has 0 saturated carbocycles. The molecule has 2 atom stereocenters. The first-order chi connectivity index (χ1) is 19.7. The van der Waals surface area contributed by atoms with E-state index < -0.39 is 22.4 Å². The van der Waals surface area contributed by atoms with Gasteiger partial charge in [0.15, 0.2) is 5.78 Å². The second-order valence-electron chi connectivity index (χ2n) is 12.1. The van der Waals surface area contributed by atoms with Gasteiger partial charge in [0.1, 0.15) is 34.9 Å². The molecule has 0 saturated heterocycles. The standard InChI is InChI=1S/C32H35FN4O5/c1-30(2,40)17-34-29(39)31(3)18-42-28-23(31)15-26(35-27(28)19-6-9-22(33)10-7-19)32(4,41)13-12-25(38)20-8-11-24-21(14-20)16-37(5)36-24/h6-11,14-16,40-41H,12-13,17-18H2,1-5H3,(H,34,39)/t31-,32-/m0/s1. The third-order valence-corrected chi connectivity index (χ3v) is 7.70. The first-order valence-corrected chi connectivity index (χ1v) is 13.8. The van der Waals surface area contributed by atoms with E-state index in [1.54, 1.807) is 68.8 Å². The van der Waals surface area contributed by atoms with E-state index in [9.17, 15) is 24.2 Å². The summed E-state index contributed by atoms with van der Waals surface area (Å²) in [5.41, 5.74) is -0.852. The Balaban J connectivity index is 1.48. The van der Waals surface area contributed by atoms with Gasteiger partial charge in [-0.1, -0.05) is 0 Å². The van der Waals surface area contributed by atoms with Gasteiger partial charge in [-0.3, -0.25) is 14.3 Å². The molecule has 1 amide bonds. The molecule has 0 fully saturated rings. The summed E-state index contributed by atoms with van der Waals surface area (Å²) in [5, 5.41) is 29.8. The molecule has 2 aromatic heterocycles. The number of benzene rings is 2. The lowest BCUT2D eigenvalue weighted by Gasteiger charge is -2.27. The van der Waals surface area contributed by atoms with Crippen molar-refractivity contribution in [3.63, 3.8) is 0 Å².